The van der Waals surface area contributed by atoms with Gasteiger partial charge in [0.15, 0.2) is 5.78 Å². The molecule has 2 amide bonds. The van der Waals surface area contributed by atoms with Gasteiger partial charge in [-0.1, -0.05) is 26.0 Å². The zero-order valence-corrected chi connectivity index (χ0v) is 15.8. The maximum absolute atomic E-state index is 12.7. The molecule has 0 aliphatic rings. The lowest BCUT2D eigenvalue weighted by atomic mass is 10.1. The molecule has 3 N–H and O–H groups in total. The first kappa shape index (κ1) is 19.4. The van der Waals surface area contributed by atoms with Gasteiger partial charge in [-0.15, -0.1) is 0 Å². The Morgan fingerprint density at radius 1 is 1.08 bits per heavy atom. The second-order valence-electron chi connectivity index (χ2n) is 6.78. The average Bonchev–Trinajstić information content (AvgIpc) is 2.87. The highest BCUT2D eigenvalue weighted by Crippen LogP contribution is 2.21. The summed E-state index contributed by atoms with van der Waals surface area (Å²) in [6.07, 6.45) is 0. The van der Waals surface area contributed by atoms with Gasteiger partial charge >= 0.3 is 0 Å². The van der Waals surface area contributed by atoms with Crippen LogP contribution in [0.3, 0.4) is 0 Å². The molecule has 0 radical (unpaired) electrons. The summed E-state index contributed by atoms with van der Waals surface area (Å²) >= 11 is 0. The largest absolute Gasteiger partial charge is 0.354 e. The van der Waals surface area contributed by atoms with Crippen molar-refractivity contribution in [3.8, 4) is 0 Å². The number of aromatic amines is 1. The number of H-pyrrole nitrogens is 1. The Hall–Kier alpha value is -2.89. The van der Waals surface area contributed by atoms with E-state index in [1.54, 1.807) is 38.1 Å². The Balaban J connectivity index is 2.27. The maximum Gasteiger partial charge on any atom is 0.272 e. The maximum atomic E-state index is 12.7. The van der Waals surface area contributed by atoms with Crippen LogP contribution in [0.15, 0.2) is 24.3 Å². The number of para-hydroxylation sites is 1. The Bertz CT molecular complexity index is 850. The van der Waals surface area contributed by atoms with Gasteiger partial charge in [0.2, 0.25) is 0 Å². The summed E-state index contributed by atoms with van der Waals surface area (Å²) < 4.78 is 0. The highest BCUT2D eigenvalue weighted by Gasteiger charge is 2.21. The molecule has 0 spiro atoms. The minimum atomic E-state index is -0.387. The lowest BCUT2D eigenvalue weighted by Crippen LogP contribution is -2.28. The second kappa shape index (κ2) is 7.99. The topological polar surface area (TPSA) is 91.1 Å². The number of amides is 2. The minimum Gasteiger partial charge on any atom is -0.354 e. The smallest absolute Gasteiger partial charge is 0.272 e. The number of Topliss-reactive ketones (excluding diaryl/α,β-unsaturated/α-hetero) is 1. The molecule has 0 bridgehead atoms. The van der Waals surface area contributed by atoms with Gasteiger partial charge < -0.3 is 15.6 Å². The van der Waals surface area contributed by atoms with E-state index in [2.05, 4.69) is 15.6 Å². The molecule has 6 heteroatoms. The molecule has 1 aromatic heterocycles. The molecule has 2 aromatic rings. The number of benzene rings is 1. The summed E-state index contributed by atoms with van der Waals surface area (Å²) in [7, 11) is 0. The first-order valence-electron chi connectivity index (χ1n) is 8.61. The molecule has 2 rings (SSSR count). The third kappa shape index (κ3) is 4.20. The Kier molecular flexibility index (Phi) is 5.97. The summed E-state index contributed by atoms with van der Waals surface area (Å²) in [6, 6.07) is 6.85. The number of carbonyl (C=O) groups is 3. The van der Waals surface area contributed by atoms with Crippen molar-refractivity contribution in [3.05, 3.63) is 52.3 Å². The fourth-order valence-electron chi connectivity index (χ4n) is 2.87. The van der Waals surface area contributed by atoms with E-state index in [0.29, 0.717) is 46.2 Å². The van der Waals surface area contributed by atoms with Crippen molar-refractivity contribution >= 4 is 23.3 Å². The van der Waals surface area contributed by atoms with E-state index < -0.39 is 0 Å². The molecule has 0 aliphatic heterocycles. The van der Waals surface area contributed by atoms with Gasteiger partial charge in [-0.2, -0.15) is 0 Å². The van der Waals surface area contributed by atoms with Crippen molar-refractivity contribution < 1.29 is 14.4 Å². The van der Waals surface area contributed by atoms with Crippen LogP contribution < -0.4 is 10.6 Å². The summed E-state index contributed by atoms with van der Waals surface area (Å²) in [5.74, 6) is -0.389. The van der Waals surface area contributed by atoms with Crippen molar-refractivity contribution in [2.75, 3.05) is 11.9 Å². The van der Waals surface area contributed by atoms with E-state index in [-0.39, 0.29) is 17.6 Å². The number of rotatable bonds is 6. The standard InChI is InChI=1S/C20H25N3O3/c1-11(2)10-21-19(25)15-8-6-7-9-16(15)23-20(26)18-12(3)17(14(5)24)13(4)22-18/h6-9,11,22H,10H2,1-5H3,(H,21,25)(H,23,26). The number of hydrogen-bond acceptors (Lipinski definition) is 3. The number of ketones is 1. The van der Waals surface area contributed by atoms with Crippen LogP contribution in [0, 0.1) is 19.8 Å². The van der Waals surface area contributed by atoms with Gasteiger partial charge in [-0.05, 0) is 44.4 Å². The molecule has 0 unspecified atom stereocenters. The predicted octanol–water partition coefficient (Wildman–Crippen LogP) is 3.47. The van der Waals surface area contributed by atoms with Crippen LogP contribution >= 0.6 is 0 Å². The number of aromatic nitrogens is 1. The first-order chi connectivity index (χ1) is 12.2. The number of nitrogens with one attached hydrogen (secondary N) is 3. The van der Waals surface area contributed by atoms with E-state index in [1.165, 1.54) is 6.92 Å². The molecule has 0 aliphatic carbocycles. The number of hydrogen-bond donors (Lipinski definition) is 3. The molecule has 0 fully saturated rings. The molecule has 6 nitrogen and oxygen atoms in total. The second-order valence-corrected chi connectivity index (χ2v) is 6.78. The van der Waals surface area contributed by atoms with Gasteiger partial charge in [-0.25, -0.2) is 0 Å². The third-order valence-corrected chi connectivity index (χ3v) is 4.11. The quantitative estimate of drug-likeness (QED) is 0.693. The van der Waals surface area contributed by atoms with Gasteiger partial charge in [0.1, 0.15) is 5.69 Å². The number of anilines is 1. The average molecular weight is 355 g/mol. The van der Waals surface area contributed by atoms with Crippen LogP contribution in [-0.2, 0) is 0 Å². The summed E-state index contributed by atoms with van der Waals surface area (Å²) in [6.45, 7) is 9.54. The van der Waals surface area contributed by atoms with Crippen LogP contribution in [-0.4, -0.2) is 29.1 Å². The Morgan fingerprint density at radius 2 is 1.73 bits per heavy atom. The predicted molar refractivity (Wildman–Crippen MR) is 102 cm³/mol. The summed E-state index contributed by atoms with van der Waals surface area (Å²) in [4.78, 5) is 39.8. The molecule has 0 saturated heterocycles. The zero-order valence-electron chi connectivity index (χ0n) is 15.8. The lowest BCUT2D eigenvalue weighted by molar-refractivity contribution is 0.0949. The molecule has 0 atom stereocenters. The first-order valence-corrected chi connectivity index (χ1v) is 8.61. The van der Waals surface area contributed by atoms with E-state index in [4.69, 9.17) is 0 Å². The van der Waals surface area contributed by atoms with Crippen LogP contribution in [0.1, 0.15) is 63.2 Å². The molecule has 0 saturated carbocycles. The Labute approximate surface area is 153 Å². The molecule has 1 aromatic carbocycles. The molecule has 138 valence electrons. The highest BCUT2D eigenvalue weighted by molar-refractivity contribution is 6.10. The fourth-order valence-corrected chi connectivity index (χ4v) is 2.87. The van der Waals surface area contributed by atoms with Crippen LogP contribution in [0.2, 0.25) is 0 Å². The molecular weight excluding hydrogens is 330 g/mol. The van der Waals surface area contributed by atoms with Crippen LogP contribution in [0.4, 0.5) is 5.69 Å². The Morgan fingerprint density at radius 3 is 2.31 bits per heavy atom. The van der Waals surface area contributed by atoms with Crippen molar-refractivity contribution in [3.63, 3.8) is 0 Å². The monoisotopic (exact) mass is 355 g/mol. The summed E-state index contributed by atoms with van der Waals surface area (Å²) in [5.41, 5.74) is 2.93. The highest BCUT2D eigenvalue weighted by atomic mass is 16.2. The van der Waals surface area contributed by atoms with Crippen LogP contribution in [0.5, 0.6) is 0 Å². The number of aryl methyl sites for hydroxylation is 1. The van der Waals surface area contributed by atoms with Crippen molar-refractivity contribution in [1.82, 2.24) is 10.3 Å². The van der Waals surface area contributed by atoms with Gasteiger partial charge in [0, 0.05) is 17.8 Å². The van der Waals surface area contributed by atoms with E-state index >= 15 is 0 Å². The minimum absolute atomic E-state index is 0.0937. The van der Waals surface area contributed by atoms with Gasteiger partial charge in [0.05, 0.1) is 11.3 Å². The van der Waals surface area contributed by atoms with Crippen LogP contribution in [0.25, 0.3) is 0 Å². The SMILES string of the molecule is CC(=O)c1c(C)[nH]c(C(=O)Nc2ccccc2C(=O)NCC(C)C)c1C. The third-order valence-electron chi connectivity index (χ3n) is 4.11. The molecule has 26 heavy (non-hydrogen) atoms. The van der Waals surface area contributed by atoms with E-state index in [9.17, 15) is 14.4 Å². The summed E-state index contributed by atoms with van der Waals surface area (Å²) in [5, 5.41) is 5.62. The fraction of sp³-hybridized carbons (Fsp3) is 0.350. The van der Waals surface area contributed by atoms with E-state index in [1.807, 2.05) is 13.8 Å². The normalized spacial score (nSPS) is 10.7. The number of carbonyl (C=O) groups excluding carboxylic acids is 3. The van der Waals surface area contributed by atoms with Crippen molar-refractivity contribution in [1.29, 1.82) is 0 Å². The van der Waals surface area contributed by atoms with E-state index in [0.717, 1.165) is 0 Å². The zero-order chi connectivity index (χ0) is 19.4. The van der Waals surface area contributed by atoms with Gasteiger partial charge in [-0.3, -0.25) is 14.4 Å². The van der Waals surface area contributed by atoms with Crippen molar-refractivity contribution in [2.45, 2.75) is 34.6 Å². The lowest BCUT2D eigenvalue weighted by Gasteiger charge is -2.12. The van der Waals surface area contributed by atoms with Gasteiger partial charge in [0.25, 0.3) is 11.8 Å². The molecular formula is C20H25N3O3. The molecule has 1 heterocycles. The van der Waals surface area contributed by atoms with Crippen molar-refractivity contribution in [2.24, 2.45) is 5.92 Å².